The van der Waals surface area contributed by atoms with Gasteiger partial charge in [-0.05, 0) is 54.6 Å². The first-order chi connectivity index (χ1) is 12.7. The van der Waals surface area contributed by atoms with Crippen LogP contribution in [0.25, 0.3) is 28.3 Å². The summed E-state index contributed by atoms with van der Waals surface area (Å²) in [5.74, 6) is 2.00. The smallest absolute Gasteiger partial charge is 0.189 e. The number of hydrogen-bond donors (Lipinski definition) is 0. The molecular weight excluding hydrogens is 352 g/mol. The molecule has 4 aromatic rings. The highest BCUT2D eigenvalue weighted by molar-refractivity contribution is 6.30. The molecule has 2 aromatic heterocycles. The van der Waals surface area contributed by atoms with Crippen LogP contribution < -0.4 is 9.47 Å². The van der Waals surface area contributed by atoms with E-state index in [0.29, 0.717) is 22.2 Å². The van der Waals surface area contributed by atoms with Crippen molar-refractivity contribution in [1.82, 2.24) is 19.8 Å². The minimum absolute atomic E-state index is 0.587. The quantitative estimate of drug-likeness (QED) is 0.543. The zero-order valence-corrected chi connectivity index (χ0v) is 14.9. The van der Waals surface area contributed by atoms with Crippen molar-refractivity contribution in [3.05, 3.63) is 59.6 Å². The summed E-state index contributed by atoms with van der Waals surface area (Å²) < 4.78 is 12.3. The van der Waals surface area contributed by atoms with Gasteiger partial charge < -0.3 is 9.47 Å². The van der Waals surface area contributed by atoms with Crippen LogP contribution in [0.1, 0.15) is 0 Å². The first-order valence-electron chi connectivity index (χ1n) is 7.90. The molecule has 2 heterocycles. The van der Waals surface area contributed by atoms with Crippen LogP contribution in [0.4, 0.5) is 0 Å². The number of rotatable bonds is 4. The fourth-order valence-electron chi connectivity index (χ4n) is 2.72. The van der Waals surface area contributed by atoms with Crippen LogP contribution in [0.15, 0.2) is 54.6 Å². The second-order valence-corrected chi connectivity index (χ2v) is 6.02. The summed E-state index contributed by atoms with van der Waals surface area (Å²) in [5.41, 5.74) is 3.18. The maximum absolute atomic E-state index is 6.06. The largest absolute Gasteiger partial charge is 0.497 e. The Labute approximate surface area is 155 Å². The van der Waals surface area contributed by atoms with Gasteiger partial charge in [0, 0.05) is 10.6 Å². The molecule has 0 atom stereocenters. The first-order valence-corrected chi connectivity index (χ1v) is 8.28. The van der Waals surface area contributed by atoms with Crippen molar-refractivity contribution < 1.29 is 9.47 Å². The molecule has 0 aliphatic carbocycles. The number of benzene rings is 2. The number of nitrogens with zero attached hydrogens (tertiary/aromatic N) is 4. The van der Waals surface area contributed by atoms with Crippen molar-refractivity contribution in [1.29, 1.82) is 0 Å². The van der Waals surface area contributed by atoms with E-state index in [1.54, 1.807) is 30.9 Å². The van der Waals surface area contributed by atoms with Gasteiger partial charge in [-0.3, -0.25) is 0 Å². The van der Waals surface area contributed by atoms with Gasteiger partial charge in [0.25, 0.3) is 0 Å². The molecule has 6 nitrogen and oxygen atoms in total. The molecule has 2 aromatic carbocycles. The van der Waals surface area contributed by atoms with Gasteiger partial charge in [-0.25, -0.2) is 0 Å². The normalized spacial score (nSPS) is 10.9. The van der Waals surface area contributed by atoms with E-state index in [-0.39, 0.29) is 0 Å². The van der Waals surface area contributed by atoms with Crippen LogP contribution in [-0.4, -0.2) is 34.0 Å². The third-order valence-electron chi connectivity index (χ3n) is 4.05. The third-order valence-corrected chi connectivity index (χ3v) is 4.29. The Hall–Kier alpha value is -3.12. The van der Waals surface area contributed by atoms with E-state index in [4.69, 9.17) is 26.2 Å². The number of halogens is 1. The van der Waals surface area contributed by atoms with Gasteiger partial charge in [0.05, 0.1) is 25.5 Å². The van der Waals surface area contributed by atoms with Crippen molar-refractivity contribution in [3.8, 4) is 34.1 Å². The molecule has 0 amide bonds. The SMILES string of the molecule is COc1ccc(-c2ccc3nnc(-c4ccc(Cl)cc4OC)n3n2)cc1. The summed E-state index contributed by atoms with van der Waals surface area (Å²) in [7, 11) is 3.23. The predicted molar refractivity (Wildman–Crippen MR) is 99.8 cm³/mol. The monoisotopic (exact) mass is 366 g/mol. The van der Waals surface area contributed by atoms with Gasteiger partial charge in [0.2, 0.25) is 0 Å². The lowest BCUT2D eigenvalue weighted by atomic mass is 10.1. The standard InChI is InChI=1S/C19H15ClN4O2/c1-25-14-6-3-12(4-7-14)16-9-10-18-21-22-19(24(18)23-16)15-8-5-13(20)11-17(15)26-2/h3-11H,1-2H3. The van der Waals surface area contributed by atoms with E-state index < -0.39 is 0 Å². The second kappa shape index (κ2) is 6.65. The molecule has 0 fully saturated rings. The van der Waals surface area contributed by atoms with Crippen LogP contribution in [-0.2, 0) is 0 Å². The Morgan fingerprint density at radius 2 is 1.69 bits per heavy atom. The first kappa shape index (κ1) is 16.4. The fourth-order valence-corrected chi connectivity index (χ4v) is 2.88. The molecule has 130 valence electrons. The summed E-state index contributed by atoms with van der Waals surface area (Å²) in [4.78, 5) is 0. The third kappa shape index (κ3) is 2.84. The molecule has 0 bridgehead atoms. The van der Waals surface area contributed by atoms with E-state index in [1.165, 1.54) is 0 Å². The zero-order valence-electron chi connectivity index (χ0n) is 14.2. The lowest BCUT2D eigenvalue weighted by Gasteiger charge is -2.08. The number of aromatic nitrogens is 4. The Bertz CT molecular complexity index is 1080. The van der Waals surface area contributed by atoms with Crippen molar-refractivity contribution in [2.75, 3.05) is 14.2 Å². The number of methoxy groups -OCH3 is 2. The van der Waals surface area contributed by atoms with Crippen LogP contribution >= 0.6 is 11.6 Å². The van der Waals surface area contributed by atoms with E-state index >= 15 is 0 Å². The van der Waals surface area contributed by atoms with Gasteiger partial charge in [-0.1, -0.05) is 11.6 Å². The molecule has 0 saturated carbocycles. The highest BCUT2D eigenvalue weighted by atomic mass is 35.5. The highest BCUT2D eigenvalue weighted by Crippen LogP contribution is 2.31. The van der Waals surface area contributed by atoms with Crippen LogP contribution in [0.3, 0.4) is 0 Å². The van der Waals surface area contributed by atoms with Crippen LogP contribution in [0.2, 0.25) is 5.02 Å². The van der Waals surface area contributed by atoms with E-state index in [1.807, 2.05) is 42.5 Å². The molecule has 0 unspecified atom stereocenters. The number of ether oxygens (including phenoxy) is 2. The molecule has 4 rings (SSSR count). The fraction of sp³-hybridized carbons (Fsp3) is 0.105. The molecular formula is C19H15ClN4O2. The molecule has 0 aliphatic rings. The molecule has 0 radical (unpaired) electrons. The topological polar surface area (TPSA) is 61.5 Å². The zero-order chi connectivity index (χ0) is 18.1. The Morgan fingerprint density at radius 3 is 2.42 bits per heavy atom. The Balaban J connectivity index is 1.85. The molecule has 0 spiro atoms. The van der Waals surface area contributed by atoms with Crippen LogP contribution in [0.5, 0.6) is 11.5 Å². The van der Waals surface area contributed by atoms with Crippen molar-refractivity contribution in [3.63, 3.8) is 0 Å². The van der Waals surface area contributed by atoms with Crippen molar-refractivity contribution >= 4 is 17.2 Å². The minimum Gasteiger partial charge on any atom is -0.497 e. The molecule has 7 heteroatoms. The van der Waals surface area contributed by atoms with Crippen molar-refractivity contribution in [2.24, 2.45) is 0 Å². The lowest BCUT2D eigenvalue weighted by Crippen LogP contribution is -1.98. The molecule has 0 aliphatic heterocycles. The van der Waals surface area contributed by atoms with Gasteiger partial charge in [-0.15, -0.1) is 10.2 Å². The molecule has 0 saturated heterocycles. The molecule has 0 N–H and O–H groups in total. The summed E-state index contributed by atoms with van der Waals surface area (Å²) in [6.45, 7) is 0. The number of hydrogen-bond acceptors (Lipinski definition) is 5. The van der Waals surface area contributed by atoms with Crippen molar-refractivity contribution in [2.45, 2.75) is 0 Å². The van der Waals surface area contributed by atoms with Gasteiger partial charge in [-0.2, -0.15) is 9.61 Å². The summed E-state index contributed by atoms with van der Waals surface area (Å²) in [6, 6.07) is 16.9. The van der Waals surface area contributed by atoms with Gasteiger partial charge in [0.1, 0.15) is 11.5 Å². The van der Waals surface area contributed by atoms with E-state index in [9.17, 15) is 0 Å². The molecule has 26 heavy (non-hydrogen) atoms. The Morgan fingerprint density at radius 1 is 0.885 bits per heavy atom. The average Bonchev–Trinajstić information content (AvgIpc) is 3.11. The van der Waals surface area contributed by atoms with Gasteiger partial charge >= 0.3 is 0 Å². The maximum atomic E-state index is 6.06. The summed E-state index contributed by atoms with van der Waals surface area (Å²) >= 11 is 6.06. The van der Waals surface area contributed by atoms with E-state index in [2.05, 4.69) is 10.2 Å². The minimum atomic E-state index is 0.587. The van der Waals surface area contributed by atoms with Crippen LogP contribution in [0, 0.1) is 0 Å². The highest BCUT2D eigenvalue weighted by Gasteiger charge is 2.15. The summed E-state index contributed by atoms with van der Waals surface area (Å²) in [6.07, 6.45) is 0. The maximum Gasteiger partial charge on any atom is 0.189 e. The lowest BCUT2D eigenvalue weighted by molar-refractivity contribution is 0.415. The predicted octanol–water partition coefficient (Wildman–Crippen LogP) is 4.13. The van der Waals surface area contributed by atoms with E-state index in [0.717, 1.165) is 22.6 Å². The number of fused-ring (bicyclic) bond motifs is 1. The average molecular weight is 367 g/mol. The van der Waals surface area contributed by atoms with Gasteiger partial charge in [0.15, 0.2) is 11.5 Å². The Kier molecular flexibility index (Phi) is 4.18. The summed E-state index contributed by atoms with van der Waals surface area (Å²) in [5, 5.41) is 13.8. The second-order valence-electron chi connectivity index (χ2n) is 5.59.